The van der Waals surface area contributed by atoms with Gasteiger partial charge in [-0.1, -0.05) is 18.6 Å². The van der Waals surface area contributed by atoms with Crippen LogP contribution < -0.4 is 5.32 Å². The third-order valence-electron chi connectivity index (χ3n) is 6.14. The maximum atomic E-state index is 12.7. The van der Waals surface area contributed by atoms with Crippen molar-refractivity contribution in [1.29, 1.82) is 0 Å². The summed E-state index contributed by atoms with van der Waals surface area (Å²) < 4.78 is 28.9. The fourth-order valence-electron chi connectivity index (χ4n) is 4.06. The summed E-state index contributed by atoms with van der Waals surface area (Å²) in [7, 11) is -3.41. The molecule has 0 spiro atoms. The second kappa shape index (κ2) is 8.89. The average Bonchev–Trinajstić information content (AvgIpc) is 3.52. The van der Waals surface area contributed by atoms with Crippen LogP contribution in [0.2, 0.25) is 0 Å². The second-order valence-corrected chi connectivity index (χ2v) is 10.3. The van der Waals surface area contributed by atoms with Crippen LogP contribution in [0.3, 0.4) is 0 Å². The van der Waals surface area contributed by atoms with Crippen molar-refractivity contribution in [2.75, 3.05) is 18.4 Å². The van der Waals surface area contributed by atoms with Gasteiger partial charge in [0.1, 0.15) is 5.82 Å². The summed E-state index contributed by atoms with van der Waals surface area (Å²) >= 11 is 0. The third-order valence-corrected chi connectivity index (χ3v) is 8.06. The molecule has 0 radical (unpaired) electrons. The standard InChI is InChI=1S/C22H30N4O3S/c1-17(19-8-9-19)26-21(13-14-23-26)24-22(27)12-7-18-5-10-20(11-6-18)30(28,29)25-15-3-2-4-16-25/h5-6,10-11,13-14,17,19H,2-4,7-9,12,15-16H2,1H3,(H,24,27). The van der Waals surface area contributed by atoms with E-state index in [2.05, 4.69) is 17.3 Å². The zero-order valence-electron chi connectivity index (χ0n) is 17.5. The van der Waals surface area contributed by atoms with E-state index < -0.39 is 10.0 Å². The van der Waals surface area contributed by atoms with Crippen LogP contribution >= 0.6 is 0 Å². The highest BCUT2D eigenvalue weighted by Crippen LogP contribution is 2.40. The molecule has 2 fully saturated rings. The number of aromatic nitrogens is 2. The van der Waals surface area contributed by atoms with Crippen molar-refractivity contribution in [3.63, 3.8) is 0 Å². The molecule has 1 aliphatic carbocycles. The Hall–Kier alpha value is -2.19. The van der Waals surface area contributed by atoms with Crippen molar-refractivity contribution < 1.29 is 13.2 Å². The molecule has 1 amide bonds. The molecule has 1 aliphatic heterocycles. The molecule has 7 nitrogen and oxygen atoms in total. The minimum atomic E-state index is -3.41. The van der Waals surface area contributed by atoms with Crippen molar-refractivity contribution in [1.82, 2.24) is 14.1 Å². The molecule has 1 unspecified atom stereocenters. The number of amides is 1. The molecule has 1 aromatic carbocycles. The van der Waals surface area contributed by atoms with Gasteiger partial charge in [-0.05, 0) is 62.6 Å². The minimum absolute atomic E-state index is 0.0650. The van der Waals surface area contributed by atoms with Gasteiger partial charge in [-0.15, -0.1) is 0 Å². The van der Waals surface area contributed by atoms with Gasteiger partial charge in [-0.3, -0.25) is 4.79 Å². The fourth-order valence-corrected chi connectivity index (χ4v) is 5.58. The lowest BCUT2D eigenvalue weighted by Gasteiger charge is -2.25. The summed E-state index contributed by atoms with van der Waals surface area (Å²) in [5, 5.41) is 7.32. The predicted molar refractivity (Wildman–Crippen MR) is 116 cm³/mol. The van der Waals surface area contributed by atoms with Crippen molar-refractivity contribution in [3.05, 3.63) is 42.1 Å². The van der Waals surface area contributed by atoms with E-state index >= 15 is 0 Å². The molecule has 4 rings (SSSR count). The first-order valence-corrected chi connectivity index (χ1v) is 12.3. The largest absolute Gasteiger partial charge is 0.311 e. The average molecular weight is 431 g/mol. The quantitative estimate of drug-likeness (QED) is 0.693. The highest BCUT2D eigenvalue weighted by atomic mass is 32.2. The first kappa shape index (κ1) is 21.1. The maximum absolute atomic E-state index is 12.7. The lowest BCUT2D eigenvalue weighted by molar-refractivity contribution is -0.116. The highest BCUT2D eigenvalue weighted by Gasteiger charge is 2.30. The normalized spacial score (nSPS) is 18.8. The number of nitrogens with one attached hydrogen (secondary N) is 1. The van der Waals surface area contributed by atoms with Crippen LogP contribution in [0.25, 0.3) is 0 Å². The molecular formula is C22H30N4O3S. The molecule has 2 heterocycles. The lowest BCUT2D eigenvalue weighted by atomic mass is 10.1. The van der Waals surface area contributed by atoms with Gasteiger partial charge < -0.3 is 5.32 Å². The van der Waals surface area contributed by atoms with Crippen molar-refractivity contribution in [2.24, 2.45) is 5.92 Å². The van der Waals surface area contributed by atoms with E-state index in [1.54, 1.807) is 22.6 Å². The number of nitrogens with zero attached hydrogens (tertiary/aromatic N) is 3. The first-order valence-electron chi connectivity index (χ1n) is 10.9. The van der Waals surface area contributed by atoms with Gasteiger partial charge in [0.15, 0.2) is 0 Å². The van der Waals surface area contributed by atoms with Gasteiger partial charge >= 0.3 is 0 Å². The molecule has 162 valence electrons. The predicted octanol–water partition coefficient (Wildman–Crippen LogP) is 3.60. The molecule has 1 aromatic heterocycles. The van der Waals surface area contributed by atoms with Crippen LogP contribution in [0.4, 0.5) is 5.82 Å². The van der Waals surface area contributed by atoms with Crippen LogP contribution in [0.5, 0.6) is 0 Å². The van der Waals surface area contributed by atoms with Crippen LogP contribution in [-0.4, -0.2) is 41.5 Å². The number of hydrogen-bond donors (Lipinski definition) is 1. The SMILES string of the molecule is CC(C1CC1)n1nccc1NC(=O)CCc1ccc(S(=O)(=O)N2CCCCC2)cc1. The number of anilines is 1. The third kappa shape index (κ3) is 4.75. The summed E-state index contributed by atoms with van der Waals surface area (Å²) in [4.78, 5) is 12.8. The van der Waals surface area contributed by atoms with Gasteiger partial charge in [-0.25, -0.2) is 13.1 Å². The number of piperidine rings is 1. The van der Waals surface area contributed by atoms with Crippen LogP contribution in [0, 0.1) is 5.92 Å². The molecule has 2 aromatic rings. The van der Waals surface area contributed by atoms with E-state index in [0.717, 1.165) is 30.6 Å². The number of carbonyl (C=O) groups is 1. The lowest BCUT2D eigenvalue weighted by Crippen LogP contribution is -2.35. The first-order chi connectivity index (χ1) is 14.4. The van der Waals surface area contributed by atoms with Crippen molar-refractivity contribution in [2.45, 2.75) is 62.8 Å². The fraction of sp³-hybridized carbons (Fsp3) is 0.545. The van der Waals surface area contributed by atoms with Crippen LogP contribution in [0.15, 0.2) is 41.4 Å². The molecule has 1 saturated heterocycles. The van der Waals surface area contributed by atoms with Gasteiger partial charge in [0.2, 0.25) is 15.9 Å². The van der Waals surface area contributed by atoms with Crippen molar-refractivity contribution >= 4 is 21.7 Å². The Kier molecular flexibility index (Phi) is 6.24. The van der Waals surface area contributed by atoms with Crippen LogP contribution in [0.1, 0.15) is 57.1 Å². The Labute approximate surface area is 178 Å². The number of sulfonamides is 1. The summed E-state index contributed by atoms with van der Waals surface area (Å²) in [5.41, 5.74) is 0.947. The van der Waals surface area contributed by atoms with E-state index in [1.165, 1.54) is 12.8 Å². The monoisotopic (exact) mass is 430 g/mol. The zero-order valence-corrected chi connectivity index (χ0v) is 18.3. The van der Waals surface area contributed by atoms with E-state index in [9.17, 15) is 13.2 Å². The highest BCUT2D eigenvalue weighted by molar-refractivity contribution is 7.89. The minimum Gasteiger partial charge on any atom is -0.311 e. The number of rotatable bonds is 8. The summed E-state index contributed by atoms with van der Waals surface area (Å²) in [5.74, 6) is 1.33. The number of benzene rings is 1. The summed E-state index contributed by atoms with van der Waals surface area (Å²) in [6.07, 6.45) is 7.98. The molecule has 1 N–H and O–H groups in total. The van der Waals surface area contributed by atoms with Crippen LogP contribution in [-0.2, 0) is 21.2 Å². The molecule has 30 heavy (non-hydrogen) atoms. The Morgan fingerprint density at radius 2 is 1.83 bits per heavy atom. The number of aryl methyl sites for hydroxylation is 1. The Morgan fingerprint density at radius 1 is 1.13 bits per heavy atom. The number of carbonyl (C=O) groups excluding carboxylic acids is 1. The molecule has 8 heteroatoms. The van der Waals surface area contributed by atoms with E-state index in [4.69, 9.17) is 0 Å². The second-order valence-electron chi connectivity index (χ2n) is 8.40. The summed E-state index contributed by atoms with van der Waals surface area (Å²) in [6, 6.07) is 9.06. The van der Waals surface area contributed by atoms with E-state index in [0.29, 0.717) is 42.8 Å². The van der Waals surface area contributed by atoms with Gasteiger partial charge in [-0.2, -0.15) is 9.40 Å². The Balaban J connectivity index is 1.32. The van der Waals surface area contributed by atoms with Gasteiger partial charge in [0.25, 0.3) is 0 Å². The van der Waals surface area contributed by atoms with Crippen molar-refractivity contribution in [3.8, 4) is 0 Å². The molecule has 0 bridgehead atoms. The maximum Gasteiger partial charge on any atom is 0.243 e. The molecule has 1 atom stereocenters. The van der Waals surface area contributed by atoms with Gasteiger partial charge in [0.05, 0.1) is 17.1 Å². The molecule has 1 saturated carbocycles. The van der Waals surface area contributed by atoms with Gasteiger partial charge in [0, 0.05) is 25.6 Å². The Morgan fingerprint density at radius 3 is 2.50 bits per heavy atom. The van der Waals surface area contributed by atoms with E-state index in [1.807, 2.05) is 22.9 Å². The Bertz CT molecular complexity index is 974. The van der Waals surface area contributed by atoms with E-state index in [-0.39, 0.29) is 5.91 Å². The molecule has 2 aliphatic rings. The zero-order chi connectivity index (χ0) is 21.1. The topological polar surface area (TPSA) is 84.3 Å². The number of hydrogen-bond acceptors (Lipinski definition) is 4. The molecular weight excluding hydrogens is 400 g/mol. The summed E-state index contributed by atoms with van der Waals surface area (Å²) in [6.45, 7) is 3.33. The smallest absolute Gasteiger partial charge is 0.243 e.